The molecule has 0 aliphatic carbocycles. The van der Waals surface area contributed by atoms with Gasteiger partial charge in [0.25, 0.3) is 11.6 Å². The van der Waals surface area contributed by atoms with Crippen molar-refractivity contribution in [2.45, 2.75) is 20.4 Å². The Morgan fingerprint density at radius 2 is 2.19 bits per heavy atom. The highest BCUT2D eigenvalue weighted by Crippen LogP contribution is 2.21. The van der Waals surface area contributed by atoms with Gasteiger partial charge in [-0.15, -0.1) is 11.3 Å². The van der Waals surface area contributed by atoms with E-state index in [1.165, 1.54) is 18.3 Å². The summed E-state index contributed by atoms with van der Waals surface area (Å²) in [6, 6.07) is 2.03. The number of hydrogen-bond acceptors (Lipinski definition) is 5. The van der Waals surface area contributed by atoms with Gasteiger partial charge in [0, 0.05) is 23.2 Å². The third-order valence-electron chi connectivity index (χ3n) is 2.76. The number of nitro benzene ring substituents is 1. The third kappa shape index (κ3) is 3.40. The first-order valence-corrected chi connectivity index (χ1v) is 6.84. The van der Waals surface area contributed by atoms with Gasteiger partial charge in [0.2, 0.25) is 0 Å². The van der Waals surface area contributed by atoms with Crippen molar-refractivity contribution in [3.63, 3.8) is 0 Å². The van der Waals surface area contributed by atoms with E-state index in [2.05, 4.69) is 10.3 Å². The molecular weight excluding hydrogens is 297 g/mol. The number of amides is 1. The van der Waals surface area contributed by atoms with Crippen molar-refractivity contribution in [2.75, 3.05) is 0 Å². The van der Waals surface area contributed by atoms with Crippen molar-refractivity contribution in [3.05, 3.63) is 55.3 Å². The van der Waals surface area contributed by atoms with Crippen LogP contribution in [0.15, 0.2) is 18.3 Å². The molecule has 1 aromatic heterocycles. The first-order valence-electron chi connectivity index (χ1n) is 6.02. The zero-order valence-corrected chi connectivity index (χ0v) is 12.2. The Morgan fingerprint density at radius 3 is 2.76 bits per heavy atom. The summed E-state index contributed by atoms with van der Waals surface area (Å²) in [5.41, 5.74) is -0.599. The highest BCUT2D eigenvalue weighted by molar-refractivity contribution is 7.11. The molecule has 0 fully saturated rings. The molecule has 0 radical (unpaired) electrons. The number of aryl methyl sites for hydroxylation is 2. The third-order valence-corrected chi connectivity index (χ3v) is 3.68. The molecule has 0 aliphatic rings. The van der Waals surface area contributed by atoms with Crippen molar-refractivity contribution in [1.82, 2.24) is 10.3 Å². The minimum atomic E-state index is -0.756. The number of nitro groups is 1. The van der Waals surface area contributed by atoms with Gasteiger partial charge in [0.1, 0.15) is 10.8 Å². The van der Waals surface area contributed by atoms with Crippen LogP contribution in [-0.2, 0) is 6.54 Å². The lowest BCUT2D eigenvalue weighted by molar-refractivity contribution is -0.385. The maximum absolute atomic E-state index is 13.9. The second-order valence-electron chi connectivity index (χ2n) is 4.43. The predicted molar refractivity (Wildman–Crippen MR) is 75.8 cm³/mol. The number of nitrogens with one attached hydrogen (secondary N) is 1. The minimum absolute atomic E-state index is 0.0550. The van der Waals surface area contributed by atoms with Crippen LogP contribution < -0.4 is 5.32 Å². The molecule has 6 nitrogen and oxygen atoms in total. The fourth-order valence-corrected chi connectivity index (χ4v) is 2.48. The maximum atomic E-state index is 13.9. The SMILES string of the molecule is Cc1cnc(CNC(=O)c2cc([N+](=O)[O-])cc(C)c2F)s1. The fourth-order valence-electron chi connectivity index (χ4n) is 1.76. The van der Waals surface area contributed by atoms with Crippen molar-refractivity contribution >= 4 is 22.9 Å². The number of halogens is 1. The van der Waals surface area contributed by atoms with Gasteiger partial charge >= 0.3 is 0 Å². The van der Waals surface area contributed by atoms with Crippen molar-refractivity contribution in [2.24, 2.45) is 0 Å². The van der Waals surface area contributed by atoms with Gasteiger partial charge in [-0.3, -0.25) is 14.9 Å². The number of benzene rings is 1. The smallest absolute Gasteiger partial charge is 0.270 e. The van der Waals surface area contributed by atoms with Gasteiger partial charge in [0.05, 0.1) is 17.0 Å². The molecule has 1 N–H and O–H groups in total. The zero-order chi connectivity index (χ0) is 15.6. The Kier molecular flexibility index (Phi) is 4.27. The zero-order valence-electron chi connectivity index (χ0n) is 11.3. The Balaban J connectivity index is 2.20. The van der Waals surface area contributed by atoms with E-state index < -0.39 is 16.6 Å². The number of carbonyl (C=O) groups is 1. The van der Waals surface area contributed by atoms with Gasteiger partial charge in [-0.1, -0.05) is 0 Å². The Hall–Kier alpha value is -2.35. The second kappa shape index (κ2) is 5.96. The van der Waals surface area contributed by atoms with Crippen LogP contribution in [0.5, 0.6) is 0 Å². The van der Waals surface area contributed by atoms with E-state index in [-0.39, 0.29) is 23.4 Å². The summed E-state index contributed by atoms with van der Waals surface area (Å²) in [5, 5.41) is 14.0. The standard InChI is InChI=1S/C13H12FN3O3S/c1-7-3-9(17(19)20)4-10(12(7)14)13(18)16-6-11-15-5-8(2)21-11/h3-5H,6H2,1-2H3,(H,16,18). The van der Waals surface area contributed by atoms with E-state index in [1.807, 2.05) is 6.92 Å². The predicted octanol–water partition coefficient (Wildman–Crippen LogP) is 2.74. The van der Waals surface area contributed by atoms with Crippen LogP contribution >= 0.6 is 11.3 Å². The number of rotatable bonds is 4. The monoisotopic (exact) mass is 309 g/mol. The van der Waals surface area contributed by atoms with E-state index in [0.29, 0.717) is 5.01 Å². The topological polar surface area (TPSA) is 85.1 Å². The number of non-ortho nitro benzene ring substituents is 1. The van der Waals surface area contributed by atoms with Crippen molar-refractivity contribution in [3.8, 4) is 0 Å². The molecule has 0 bridgehead atoms. The van der Waals surface area contributed by atoms with E-state index >= 15 is 0 Å². The van der Waals surface area contributed by atoms with E-state index in [9.17, 15) is 19.3 Å². The molecule has 2 rings (SSSR count). The molecular formula is C13H12FN3O3S. The first kappa shape index (κ1) is 15.0. The van der Waals surface area contributed by atoms with Gasteiger partial charge in [0.15, 0.2) is 0 Å². The summed E-state index contributed by atoms with van der Waals surface area (Å²) in [5.74, 6) is -1.46. The average molecular weight is 309 g/mol. The van der Waals surface area contributed by atoms with Crippen molar-refractivity contribution < 1.29 is 14.1 Å². The normalized spacial score (nSPS) is 10.4. The van der Waals surface area contributed by atoms with Crippen LogP contribution in [0, 0.1) is 29.8 Å². The fraction of sp³-hybridized carbons (Fsp3) is 0.231. The Labute approximate surface area is 123 Å². The summed E-state index contributed by atoms with van der Waals surface area (Å²) in [6.07, 6.45) is 1.67. The van der Waals surface area contributed by atoms with Gasteiger partial charge in [-0.05, 0) is 19.4 Å². The maximum Gasteiger partial charge on any atom is 0.270 e. The number of carbonyl (C=O) groups excluding carboxylic acids is 1. The molecule has 0 saturated heterocycles. The van der Waals surface area contributed by atoms with E-state index in [1.54, 1.807) is 6.20 Å². The van der Waals surface area contributed by atoms with Crippen LogP contribution in [0.1, 0.15) is 25.8 Å². The Morgan fingerprint density at radius 1 is 1.48 bits per heavy atom. The molecule has 110 valence electrons. The quantitative estimate of drug-likeness (QED) is 0.695. The summed E-state index contributed by atoms with van der Waals surface area (Å²) in [6.45, 7) is 3.41. The van der Waals surface area contributed by atoms with E-state index in [0.717, 1.165) is 17.0 Å². The molecule has 8 heteroatoms. The van der Waals surface area contributed by atoms with E-state index in [4.69, 9.17) is 0 Å². The molecule has 0 unspecified atom stereocenters. The average Bonchev–Trinajstić information content (AvgIpc) is 2.84. The summed E-state index contributed by atoms with van der Waals surface area (Å²) in [4.78, 5) is 27.1. The second-order valence-corrected chi connectivity index (χ2v) is 5.75. The minimum Gasteiger partial charge on any atom is -0.345 e. The lowest BCUT2D eigenvalue weighted by Gasteiger charge is -2.06. The molecule has 0 saturated carbocycles. The van der Waals surface area contributed by atoms with Crippen LogP contribution in [0.3, 0.4) is 0 Å². The number of hydrogen-bond donors (Lipinski definition) is 1. The number of thiazole rings is 1. The highest BCUT2D eigenvalue weighted by Gasteiger charge is 2.19. The molecule has 21 heavy (non-hydrogen) atoms. The number of aromatic nitrogens is 1. The molecule has 1 aromatic carbocycles. The molecule has 2 aromatic rings. The summed E-state index contributed by atoms with van der Waals surface area (Å²) >= 11 is 1.41. The van der Waals surface area contributed by atoms with Crippen LogP contribution in [0.4, 0.5) is 10.1 Å². The number of nitrogens with zero attached hydrogens (tertiary/aromatic N) is 2. The van der Waals surface area contributed by atoms with Gasteiger partial charge in [-0.25, -0.2) is 9.37 Å². The summed E-state index contributed by atoms with van der Waals surface area (Å²) in [7, 11) is 0. The molecule has 1 amide bonds. The van der Waals surface area contributed by atoms with Crippen molar-refractivity contribution in [1.29, 1.82) is 0 Å². The van der Waals surface area contributed by atoms with Crippen LogP contribution in [-0.4, -0.2) is 15.8 Å². The molecule has 0 atom stereocenters. The molecule has 0 aliphatic heterocycles. The largest absolute Gasteiger partial charge is 0.345 e. The van der Waals surface area contributed by atoms with Crippen LogP contribution in [0.2, 0.25) is 0 Å². The summed E-state index contributed by atoms with van der Waals surface area (Å²) < 4.78 is 13.9. The molecule has 1 heterocycles. The lowest BCUT2D eigenvalue weighted by Crippen LogP contribution is -2.24. The van der Waals surface area contributed by atoms with Gasteiger partial charge < -0.3 is 5.32 Å². The van der Waals surface area contributed by atoms with Crippen LogP contribution in [0.25, 0.3) is 0 Å². The Bertz CT molecular complexity index is 715. The van der Waals surface area contributed by atoms with Gasteiger partial charge in [-0.2, -0.15) is 0 Å². The first-order chi connectivity index (χ1) is 9.88. The highest BCUT2D eigenvalue weighted by atomic mass is 32.1. The lowest BCUT2D eigenvalue weighted by atomic mass is 10.1. The molecule has 0 spiro atoms.